The van der Waals surface area contributed by atoms with E-state index in [9.17, 15) is 15.2 Å². The molecule has 1 spiro atoms. The molecule has 178 valence electrons. The first kappa shape index (κ1) is 22.9. The Morgan fingerprint density at radius 2 is 1.71 bits per heavy atom. The van der Waals surface area contributed by atoms with Gasteiger partial charge in [0.15, 0.2) is 0 Å². The molecule has 1 aliphatic heterocycles. The number of anilines is 1. The lowest BCUT2D eigenvalue weighted by molar-refractivity contribution is -0.0725. The fourth-order valence-corrected chi connectivity index (χ4v) is 6.31. The van der Waals surface area contributed by atoms with Crippen LogP contribution < -0.4 is 4.90 Å². The average molecular weight is 459 g/mol. The van der Waals surface area contributed by atoms with Gasteiger partial charge in [-0.05, 0) is 82.8 Å². The number of hydrogen-bond acceptors (Lipinski definition) is 4. The Kier molecular flexibility index (Phi) is 5.66. The molecular formula is C28H34N4O2. The molecule has 0 unspecified atom stereocenters. The number of carbonyl (C=O) groups excluding carboxylic acids is 1. The predicted molar refractivity (Wildman–Crippen MR) is 132 cm³/mol. The summed E-state index contributed by atoms with van der Waals surface area (Å²) < 4.78 is 0. The normalized spacial score (nSPS) is 28.3. The molecule has 5 rings (SSSR count). The van der Waals surface area contributed by atoms with E-state index in [0.717, 1.165) is 50.6 Å². The van der Waals surface area contributed by atoms with Crippen LogP contribution in [0.5, 0.6) is 0 Å². The minimum Gasteiger partial charge on any atom is -0.388 e. The fraction of sp³-hybridized carbons (Fsp3) is 0.500. The lowest BCUT2D eigenvalue weighted by atomic mass is 9.67. The van der Waals surface area contributed by atoms with Crippen LogP contribution in [0.3, 0.4) is 0 Å². The molecule has 1 heterocycles. The van der Waals surface area contributed by atoms with Crippen molar-refractivity contribution in [2.45, 2.75) is 61.6 Å². The zero-order valence-electron chi connectivity index (χ0n) is 20.2. The lowest BCUT2D eigenvalue weighted by Crippen LogP contribution is -2.59. The molecule has 1 N–H and O–H groups in total. The Morgan fingerprint density at radius 3 is 2.29 bits per heavy atom. The molecular weight excluding hydrogens is 424 g/mol. The van der Waals surface area contributed by atoms with Gasteiger partial charge in [-0.2, -0.15) is 5.26 Å². The van der Waals surface area contributed by atoms with Crippen LogP contribution in [-0.4, -0.2) is 59.3 Å². The third kappa shape index (κ3) is 3.68. The van der Waals surface area contributed by atoms with Gasteiger partial charge in [0.1, 0.15) is 0 Å². The van der Waals surface area contributed by atoms with Crippen LogP contribution >= 0.6 is 0 Å². The van der Waals surface area contributed by atoms with Gasteiger partial charge in [-0.3, -0.25) is 9.80 Å². The van der Waals surface area contributed by atoms with Crippen molar-refractivity contribution in [2.24, 2.45) is 0 Å². The number of carbonyl (C=O) groups is 1. The maximum Gasteiger partial charge on any atom is 0.325 e. The summed E-state index contributed by atoms with van der Waals surface area (Å²) in [6.45, 7) is 0.982. The van der Waals surface area contributed by atoms with E-state index < -0.39 is 5.60 Å². The number of aliphatic hydroxyl groups is 1. The monoisotopic (exact) mass is 458 g/mol. The molecule has 0 bridgehead atoms. The second kappa shape index (κ2) is 8.41. The Morgan fingerprint density at radius 1 is 1.00 bits per heavy atom. The highest BCUT2D eigenvalue weighted by Crippen LogP contribution is 2.50. The zero-order chi connectivity index (χ0) is 24.0. The SMILES string of the molecule is CN(C)[C@]1(c2ccccc2)CC[C@@]2(CC1)CN(c1cccc(C#N)c1)C(=O)N2CC1(O)CCC1. The summed E-state index contributed by atoms with van der Waals surface area (Å²) in [5.74, 6) is 0. The number of nitrogens with zero attached hydrogens (tertiary/aromatic N) is 4. The predicted octanol–water partition coefficient (Wildman–Crippen LogP) is 4.49. The van der Waals surface area contributed by atoms with Crippen LogP contribution in [0.1, 0.15) is 56.1 Å². The molecule has 0 atom stereocenters. The van der Waals surface area contributed by atoms with Crippen molar-refractivity contribution < 1.29 is 9.90 Å². The molecule has 2 saturated carbocycles. The van der Waals surface area contributed by atoms with Crippen LogP contribution in [0.2, 0.25) is 0 Å². The van der Waals surface area contributed by atoms with E-state index in [1.54, 1.807) is 12.1 Å². The molecule has 1 saturated heterocycles. The molecule has 2 aromatic carbocycles. The van der Waals surface area contributed by atoms with E-state index in [0.29, 0.717) is 18.7 Å². The van der Waals surface area contributed by atoms with Gasteiger partial charge in [0.25, 0.3) is 0 Å². The summed E-state index contributed by atoms with van der Waals surface area (Å²) in [5, 5.41) is 20.4. The summed E-state index contributed by atoms with van der Waals surface area (Å²) in [4.78, 5) is 20.0. The maximum absolute atomic E-state index is 13.8. The molecule has 34 heavy (non-hydrogen) atoms. The van der Waals surface area contributed by atoms with Gasteiger partial charge in [0.2, 0.25) is 0 Å². The number of nitriles is 1. The standard InChI is InChI=1S/C28H34N4O2/c1-30(2)28(23-9-4-3-5-10-23)16-14-26(15-17-28)20-31(24-11-6-8-22(18-24)19-29)25(33)32(26)21-27(34)12-7-13-27/h3-6,8-11,18,34H,7,12-17,20-21H2,1-2H3/t26-,28-. The van der Waals surface area contributed by atoms with E-state index in [4.69, 9.17) is 0 Å². The maximum atomic E-state index is 13.8. The summed E-state index contributed by atoms with van der Waals surface area (Å²) >= 11 is 0. The summed E-state index contributed by atoms with van der Waals surface area (Å²) in [6.07, 6.45) is 6.14. The Bertz CT molecular complexity index is 1090. The fourth-order valence-electron chi connectivity index (χ4n) is 6.31. The first-order valence-electron chi connectivity index (χ1n) is 12.4. The first-order chi connectivity index (χ1) is 16.3. The molecule has 3 aliphatic rings. The minimum absolute atomic E-state index is 0.0486. The molecule has 6 heteroatoms. The lowest BCUT2D eigenvalue weighted by Gasteiger charge is -2.52. The quantitative estimate of drug-likeness (QED) is 0.717. The molecule has 2 amide bonds. The largest absolute Gasteiger partial charge is 0.388 e. The smallest absolute Gasteiger partial charge is 0.325 e. The van der Waals surface area contributed by atoms with Crippen molar-refractivity contribution in [3.05, 3.63) is 65.7 Å². The number of amides is 2. The van der Waals surface area contributed by atoms with Gasteiger partial charge < -0.3 is 10.0 Å². The Labute approximate surface area is 202 Å². The van der Waals surface area contributed by atoms with Crippen LogP contribution in [0.25, 0.3) is 0 Å². The molecule has 2 aliphatic carbocycles. The molecule has 2 aromatic rings. The second-order valence-corrected chi connectivity index (χ2v) is 10.7. The van der Waals surface area contributed by atoms with Gasteiger partial charge >= 0.3 is 6.03 Å². The van der Waals surface area contributed by atoms with E-state index in [1.165, 1.54) is 5.56 Å². The molecule has 3 fully saturated rings. The molecule has 0 aromatic heterocycles. The van der Waals surface area contributed by atoms with Crippen molar-refractivity contribution >= 4 is 11.7 Å². The van der Waals surface area contributed by atoms with Crippen LogP contribution in [0.4, 0.5) is 10.5 Å². The summed E-state index contributed by atoms with van der Waals surface area (Å²) in [6, 6.07) is 20.1. The van der Waals surface area contributed by atoms with E-state index in [1.807, 2.05) is 21.9 Å². The van der Waals surface area contributed by atoms with E-state index in [-0.39, 0.29) is 17.1 Å². The third-order valence-electron chi connectivity index (χ3n) is 8.69. The van der Waals surface area contributed by atoms with Crippen molar-refractivity contribution in [2.75, 3.05) is 32.1 Å². The summed E-state index contributed by atoms with van der Waals surface area (Å²) in [5.41, 5.74) is 1.47. The Balaban J connectivity index is 1.48. The highest BCUT2D eigenvalue weighted by Gasteiger charge is 2.56. The number of β-amino-alcohol motifs (C(OH)–C–C–N with tert-alkyl or cyclic N) is 1. The third-order valence-corrected chi connectivity index (χ3v) is 8.69. The molecule has 0 radical (unpaired) electrons. The average Bonchev–Trinajstić information content (AvgIpc) is 3.10. The van der Waals surface area contributed by atoms with Gasteiger partial charge in [-0.1, -0.05) is 36.4 Å². The highest BCUT2D eigenvalue weighted by atomic mass is 16.3. The zero-order valence-corrected chi connectivity index (χ0v) is 20.2. The topological polar surface area (TPSA) is 70.8 Å². The van der Waals surface area contributed by atoms with Crippen LogP contribution in [0.15, 0.2) is 54.6 Å². The Hall–Kier alpha value is -2.88. The van der Waals surface area contributed by atoms with Crippen molar-refractivity contribution in [3.63, 3.8) is 0 Å². The van der Waals surface area contributed by atoms with Gasteiger partial charge in [-0.15, -0.1) is 0 Å². The summed E-state index contributed by atoms with van der Waals surface area (Å²) in [7, 11) is 4.30. The highest BCUT2D eigenvalue weighted by molar-refractivity contribution is 5.95. The second-order valence-electron chi connectivity index (χ2n) is 10.7. The van der Waals surface area contributed by atoms with Crippen molar-refractivity contribution in [1.29, 1.82) is 5.26 Å². The number of rotatable bonds is 5. The van der Waals surface area contributed by atoms with Crippen LogP contribution in [0, 0.1) is 11.3 Å². The van der Waals surface area contributed by atoms with E-state index >= 15 is 0 Å². The van der Waals surface area contributed by atoms with Gasteiger partial charge in [0, 0.05) is 11.2 Å². The van der Waals surface area contributed by atoms with Gasteiger partial charge in [0.05, 0.1) is 35.9 Å². The number of hydrogen-bond donors (Lipinski definition) is 1. The number of benzene rings is 2. The number of urea groups is 1. The van der Waals surface area contributed by atoms with Gasteiger partial charge in [-0.25, -0.2) is 4.79 Å². The van der Waals surface area contributed by atoms with Crippen molar-refractivity contribution in [1.82, 2.24) is 9.80 Å². The molecule has 6 nitrogen and oxygen atoms in total. The minimum atomic E-state index is -0.775. The van der Waals surface area contributed by atoms with Crippen molar-refractivity contribution in [3.8, 4) is 6.07 Å². The first-order valence-corrected chi connectivity index (χ1v) is 12.4. The van der Waals surface area contributed by atoms with E-state index in [2.05, 4.69) is 55.4 Å². The van der Waals surface area contributed by atoms with Crippen LogP contribution in [-0.2, 0) is 5.54 Å².